The minimum atomic E-state index is 0. The topological polar surface area (TPSA) is 52.1 Å². The Morgan fingerprint density at radius 3 is 2.71 bits per heavy atom. The number of rotatable bonds is 6. The molecular formula is C21H36IN5O. The summed E-state index contributed by atoms with van der Waals surface area (Å²) in [5.41, 5.74) is 1.30. The van der Waals surface area contributed by atoms with Crippen LogP contribution in [0, 0.1) is 5.92 Å². The highest BCUT2D eigenvalue weighted by Gasteiger charge is 2.24. The number of hydrogen-bond acceptors (Lipinski definition) is 4. The van der Waals surface area contributed by atoms with E-state index < -0.39 is 0 Å². The number of halogens is 1. The molecule has 2 saturated heterocycles. The van der Waals surface area contributed by atoms with Crippen molar-refractivity contribution in [2.45, 2.75) is 32.4 Å². The van der Waals surface area contributed by atoms with E-state index in [1.165, 1.54) is 5.69 Å². The first kappa shape index (κ1) is 23.2. The molecule has 0 aromatic heterocycles. The Kier molecular flexibility index (Phi) is 9.81. The van der Waals surface area contributed by atoms with Gasteiger partial charge < -0.3 is 20.3 Å². The maximum atomic E-state index is 5.93. The fraction of sp³-hybridized carbons (Fsp3) is 0.667. The summed E-state index contributed by atoms with van der Waals surface area (Å²) in [5, 5.41) is 7.04. The van der Waals surface area contributed by atoms with Crippen LogP contribution in [0.25, 0.3) is 0 Å². The normalized spacial score (nSPS) is 23.6. The predicted octanol–water partition coefficient (Wildman–Crippen LogP) is 2.41. The SMILES string of the molecule is CN=C(NCC1CN(CC(C)C)CCO1)NC1CCN(c2ccccc2)C1.I. The molecule has 2 heterocycles. The molecule has 2 unspecified atom stereocenters. The van der Waals surface area contributed by atoms with Crippen molar-refractivity contribution in [3.8, 4) is 0 Å². The molecule has 1 aromatic rings. The zero-order valence-electron chi connectivity index (χ0n) is 17.4. The van der Waals surface area contributed by atoms with Gasteiger partial charge in [0.25, 0.3) is 0 Å². The molecule has 2 aliphatic heterocycles. The van der Waals surface area contributed by atoms with Crippen molar-refractivity contribution in [1.29, 1.82) is 0 Å². The monoisotopic (exact) mass is 501 g/mol. The Morgan fingerprint density at radius 2 is 2.00 bits per heavy atom. The molecule has 0 aliphatic carbocycles. The second kappa shape index (κ2) is 11.8. The number of ether oxygens (including phenoxy) is 1. The standard InChI is InChI=1S/C21H35N5O.HI/c1-17(2)14-25-11-12-27-20(16-25)13-23-21(22-3)24-18-9-10-26(15-18)19-7-5-4-6-8-19;/h4-8,17-18,20H,9-16H2,1-3H3,(H2,22,23,24);1H. The quantitative estimate of drug-likeness (QED) is 0.356. The molecule has 28 heavy (non-hydrogen) atoms. The van der Waals surface area contributed by atoms with E-state index in [0.717, 1.165) is 58.3 Å². The second-order valence-corrected chi connectivity index (χ2v) is 8.01. The first-order valence-electron chi connectivity index (χ1n) is 10.2. The fourth-order valence-electron chi connectivity index (χ4n) is 3.94. The highest BCUT2D eigenvalue weighted by molar-refractivity contribution is 14.0. The van der Waals surface area contributed by atoms with Crippen molar-refractivity contribution < 1.29 is 4.74 Å². The number of para-hydroxylation sites is 1. The summed E-state index contributed by atoms with van der Waals surface area (Å²) in [6.45, 7) is 11.4. The average Bonchev–Trinajstić information content (AvgIpc) is 3.14. The highest BCUT2D eigenvalue weighted by atomic mass is 127. The molecule has 0 spiro atoms. The molecule has 158 valence electrons. The van der Waals surface area contributed by atoms with Crippen LogP contribution in [-0.4, -0.2) is 75.9 Å². The van der Waals surface area contributed by atoms with Crippen LogP contribution in [0.4, 0.5) is 5.69 Å². The molecule has 0 amide bonds. The van der Waals surface area contributed by atoms with Crippen molar-refractivity contribution in [2.75, 3.05) is 57.8 Å². The van der Waals surface area contributed by atoms with Crippen LogP contribution < -0.4 is 15.5 Å². The van der Waals surface area contributed by atoms with E-state index >= 15 is 0 Å². The molecule has 2 N–H and O–H groups in total. The number of nitrogens with one attached hydrogen (secondary N) is 2. The van der Waals surface area contributed by atoms with Crippen LogP contribution in [-0.2, 0) is 4.74 Å². The van der Waals surface area contributed by atoms with Crippen LogP contribution in [0.15, 0.2) is 35.3 Å². The lowest BCUT2D eigenvalue weighted by molar-refractivity contribution is -0.0284. The predicted molar refractivity (Wildman–Crippen MR) is 128 cm³/mol. The molecule has 0 saturated carbocycles. The van der Waals surface area contributed by atoms with Crippen molar-refractivity contribution >= 4 is 35.6 Å². The van der Waals surface area contributed by atoms with Crippen molar-refractivity contribution in [3.05, 3.63) is 30.3 Å². The Morgan fingerprint density at radius 1 is 1.21 bits per heavy atom. The third-order valence-corrected chi connectivity index (χ3v) is 5.22. The number of hydrogen-bond donors (Lipinski definition) is 2. The maximum absolute atomic E-state index is 5.93. The molecule has 7 heteroatoms. The molecule has 3 rings (SSSR count). The lowest BCUT2D eigenvalue weighted by Crippen LogP contribution is -2.51. The van der Waals surface area contributed by atoms with Gasteiger partial charge in [0, 0.05) is 58.0 Å². The third kappa shape index (κ3) is 7.08. The van der Waals surface area contributed by atoms with Gasteiger partial charge in [-0.1, -0.05) is 32.0 Å². The van der Waals surface area contributed by atoms with Crippen molar-refractivity contribution in [2.24, 2.45) is 10.9 Å². The maximum Gasteiger partial charge on any atom is 0.191 e. The summed E-state index contributed by atoms with van der Waals surface area (Å²) in [5.74, 6) is 1.57. The van der Waals surface area contributed by atoms with Gasteiger partial charge in [-0.2, -0.15) is 0 Å². The third-order valence-electron chi connectivity index (χ3n) is 5.22. The lowest BCUT2D eigenvalue weighted by atomic mass is 10.2. The van der Waals surface area contributed by atoms with Crippen molar-refractivity contribution in [3.63, 3.8) is 0 Å². The van der Waals surface area contributed by atoms with Crippen LogP contribution in [0.2, 0.25) is 0 Å². The molecule has 0 bridgehead atoms. The van der Waals surface area contributed by atoms with Gasteiger partial charge in [-0.15, -0.1) is 24.0 Å². The van der Waals surface area contributed by atoms with Crippen molar-refractivity contribution in [1.82, 2.24) is 15.5 Å². The molecule has 2 atom stereocenters. The minimum Gasteiger partial charge on any atom is -0.374 e. The molecule has 0 radical (unpaired) electrons. The summed E-state index contributed by atoms with van der Waals surface area (Å²) in [6.07, 6.45) is 1.35. The van der Waals surface area contributed by atoms with Gasteiger partial charge in [-0.3, -0.25) is 9.89 Å². The van der Waals surface area contributed by atoms with E-state index in [2.05, 4.69) is 69.6 Å². The van der Waals surface area contributed by atoms with E-state index in [1.807, 2.05) is 7.05 Å². The number of aliphatic imine (C=N–C) groups is 1. The number of guanidine groups is 1. The van der Waals surface area contributed by atoms with Gasteiger partial charge in [0.15, 0.2) is 5.96 Å². The van der Waals surface area contributed by atoms with Gasteiger partial charge in [0.2, 0.25) is 0 Å². The highest BCUT2D eigenvalue weighted by Crippen LogP contribution is 2.19. The smallest absolute Gasteiger partial charge is 0.191 e. The van der Waals surface area contributed by atoms with Gasteiger partial charge in [0.05, 0.1) is 12.7 Å². The Balaban J connectivity index is 0.00000280. The van der Waals surface area contributed by atoms with Crippen LogP contribution in [0.5, 0.6) is 0 Å². The summed E-state index contributed by atoms with van der Waals surface area (Å²) in [7, 11) is 1.84. The number of benzene rings is 1. The summed E-state index contributed by atoms with van der Waals surface area (Å²) in [4.78, 5) is 9.34. The van der Waals surface area contributed by atoms with Gasteiger partial charge in [-0.25, -0.2) is 0 Å². The van der Waals surface area contributed by atoms with E-state index in [0.29, 0.717) is 12.0 Å². The van der Waals surface area contributed by atoms with E-state index in [9.17, 15) is 0 Å². The first-order chi connectivity index (χ1) is 13.1. The number of morpholine rings is 1. The molecule has 2 aliphatic rings. The van der Waals surface area contributed by atoms with Gasteiger partial charge in [0.1, 0.15) is 0 Å². The number of nitrogens with zero attached hydrogens (tertiary/aromatic N) is 3. The largest absolute Gasteiger partial charge is 0.374 e. The summed E-state index contributed by atoms with van der Waals surface area (Å²) >= 11 is 0. The average molecular weight is 501 g/mol. The summed E-state index contributed by atoms with van der Waals surface area (Å²) < 4.78 is 5.93. The van der Waals surface area contributed by atoms with Crippen LogP contribution >= 0.6 is 24.0 Å². The molecule has 1 aromatic carbocycles. The molecule has 2 fully saturated rings. The van der Waals surface area contributed by atoms with Gasteiger partial charge in [-0.05, 0) is 24.5 Å². The molecular weight excluding hydrogens is 465 g/mol. The number of anilines is 1. The zero-order chi connectivity index (χ0) is 19.1. The Bertz CT molecular complexity index is 598. The zero-order valence-corrected chi connectivity index (χ0v) is 19.8. The van der Waals surface area contributed by atoms with Crippen LogP contribution in [0.1, 0.15) is 20.3 Å². The van der Waals surface area contributed by atoms with E-state index in [-0.39, 0.29) is 30.1 Å². The first-order valence-corrected chi connectivity index (χ1v) is 10.2. The van der Waals surface area contributed by atoms with E-state index in [4.69, 9.17) is 4.74 Å². The van der Waals surface area contributed by atoms with E-state index in [1.54, 1.807) is 0 Å². The van der Waals surface area contributed by atoms with Crippen LogP contribution in [0.3, 0.4) is 0 Å². The Labute approximate surface area is 187 Å². The summed E-state index contributed by atoms with van der Waals surface area (Å²) in [6, 6.07) is 11.0. The van der Waals surface area contributed by atoms with Gasteiger partial charge >= 0.3 is 0 Å². The fourth-order valence-corrected chi connectivity index (χ4v) is 3.94. The molecule has 6 nitrogen and oxygen atoms in total. The lowest BCUT2D eigenvalue weighted by Gasteiger charge is -2.34. The second-order valence-electron chi connectivity index (χ2n) is 8.01. The Hall–Kier alpha value is -1.06. The minimum absolute atomic E-state index is 0.